The summed E-state index contributed by atoms with van der Waals surface area (Å²) in [5.74, 6) is 1.82. The van der Waals surface area contributed by atoms with Gasteiger partial charge in [-0.15, -0.1) is 10.2 Å². The Labute approximate surface area is 203 Å². The van der Waals surface area contributed by atoms with E-state index in [0.717, 1.165) is 20.0 Å². The van der Waals surface area contributed by atoms with Gasteiger partial charge in [-0.25, -0.2) is 0 Å². The molecule has 3 rings (SSSR count). The topological polar surface area (TPSA) is 55.3 Å². The monoisotopic (exact) mass is 487 g/mol. The number of nitrogens with zero attached hydrogens (tertiary/aromatic N) is 3. The molecule has 0 saturated heterocycles. The number of ether oxygens (including phenoxy) is 1. The highest BCUT2D eigenvalue weighted by Crippen LogP contribution is 2.31. The van der Waals surface area contributed by atoms with E-state index in [2.05, 4.69) is 48.3 Å². The van der Waals surface area contributed by atoms with Gasteiger partial charge in [0.15, 0.2) is 8.68 Å². The number of carbonyl (C=O) groups is 1. The Bertz CT molecular complexity index is 962. The maximum Gasteiger partial charge on any atom is 0.233 e. The van der Waals surface area contributed by atoms with Crippen molar-refractivity contribution >= 4 is 40.8 Å². The standard InChI is InChI=1S/C24H29N3O2S3/c1-18(2)21-11-9-20(10-12-21)16-30-23-25-26-24(32-23)31-17-22(28)27(13-14-29-3)15-19-7-5-4-6-8-19/h4-12,18H,13-17H2,1-3H3. The van der Waals surface area contributed by atoms with Crippen LogP contribution in [0.15, 0.2) is 63.3 Å². The molecule has 5 nitrogen and oxygen atoms in total. The van der Waals surface area contributed by atoms with Crippen molar-refractivity contribution in [3.63, 3.8) is 0 Å². The molecular weight excluding hydrogens is 458 g/mol. The van der Waals surface area contributed by atoms with E-state index in [-0.39, 0.29) is 5.91 Å². The Morgan fingerprint density at radius 1 is 1.00 bits per heavy atom. The summed E-state index contributed by atoms with van der Waals surface area (Å²) in [5.41, 5.74) is 3.73. The van der Waals surface area contributed by atoms with Crippen molar-refractivity contribution < 1.29 is 9.53 Å². The molecule has 0 saturated carbocycles. The number of amides is 1. The highest BCUT2D eigenvalue weighted by atomic mass is 32.2. The summed E-state index contributed by atoms with van der Waals surface area (Å²) in [5, 5.41) is 8.54. The van der Waals surface area contributed by atoms with Crippen LogP contribution in [0, 0.1) is 0 Å². The van der Waals surface area contributed by atoms with E-state index in [0.29, 0.717) is 31.4 Å². The summed E-state index contributed by atoms with van der Waals surface area (Å²) in [7, 11) is 1.65. The molecule has 32 heavy (non-hydrogen) atoms. The van der Waals surface area contributed by atoms with Gasteiger partial charge in [0.25, 0.3) is 0 Å². The molecule has 0 atom stereocenters. The number of carbonyl (C=O) groups excluding carboxylic acids is 1. The molecule has 0 spiro atoms. The smallest absolute Gasteiger partial charge is 0.233 e. The van der Waals surface area contributed by atoms with Crippen molar-refractivity contribution in [2.24, 2.45) is 0 Å². The van der Waals surface area contributed by atoms with Crippen LogP contribution in [0.5, 0.6) is 0 Å². The van der Waals surface area contributed by atoms with Crippen LogP contribution in [0.1, 0.15) is 36.5 Å². The van der Waals surface area contributed by atoms with Gasteiger partial charge in [-0.05, 0) is 22.6 Å². The van der Waals surface area contributed by atoms with Gasteiger partial charge in [-0.1, -0.05) is 103 Å². The molecule has 0 aliphatic rings. The number of hydrogen-bond donors (Lipinski definition) is 0. The van der Waals surface area contributed by atoms with Gasteiger partial charge in [0.05, 0.1) is 12.4 Å². The fourth-order valence-corrected chi connectivity index (χ4v) is 5.85. The van der Waals surface area contributed by atoms with E-state index in [1.807, 2.05) is 35.2 Å². The van der Waals surface area contributed by atoms with Crippen LogP contribution in [-0.4, -0.2) is 47.0 Å². The van der Waals surface area contributed by atoms with Crippen molar-refractivity contribution in [3.8, 4) is 0 Å². The van der Waals surface area contributed by atoms with Crippen molar-refractivity contribution in [2.75, 3.05) is 26.0 Å². The Hall–Kier alpha value is -1.87. The Morgan fingerprint density at radius 3 is 2.34 bits per heavy atom. The molecule has 0 bridgehead atoms. The lowest BCUT2D eigenvalue weighted by Gasteiger charge is -2.22. The van der Waals surface area contributed by atoms with E-state index >= 15 is 0 Å². The largest absolute Gasteiger partial charge is 0.383 e. The molecule has 0 fully saturated rings. The number of hydrogen-bond acceptors (Lipinski definition) is 7. The fraction of sp³-hybridized carbons (Fsp3) is 0.375. The minimum absolute atomic E-state index is 0.0746. The first-order valence-corrected chi connectivity index (χ1v) is 13.3. The fourth-order valence-electron chi connectivity index (χ4n) is 2.97. The number of methoxy groups -OCH3 is 1. The maximum atomic E-state index is 12.8. The molecule has 0 aliphatic carbocycles. The summed E-state index contributed by atoms with van der Waals surface area (Å²) < 4.78 is 6.93. The van der Waals surface area contributed by atoms with Gasteiger partial charge in [0, 0.05) is 26.0 Å². The quantitative estimate of drug-likeness (QED) is 0.305. The van der Waals surface area contributed by atoms with Crippen LogP contribution in [0.25, 0.3) is 0 Å². The lowest BCUT2D eigenvalue weighted by molar-refractivity contribution is -0.129. The molecule has 8 heteroatoms. The first-order valence-electron chi connectivity index (χ1n) is 10.5. The van der Waals surface area contributed by atoms with Crippen molar-refractivity contribution in [3.05, 3.63) is 71.3 Å². The number of thioether (sulfide) groups is 2. The second-order valence-electron chi connectivity index (χ2n) is 7.60. The third-order valence-corrected chi connectivity index (χ3v) is 8.10. The van der Waals surface area contributed by atoms with Crippen LogP contribution in [0.2, 0.25) is 0 Å². The molecule has 0 radical (unpaired) electrons. The zero-order chi connectivity index (χ0) is 22.8. The molecule has 0 N–H and O–H groups in total. The van der Waals surface area contributed by atoms with Gasteiger partial charge in [0.2, 0.25) is 5.91 Å². The van der Waals surface area contributed by atoms with Crippen molar-refractivity contribution in [2.45, 2.75) is 40.7 Å². The highest BCUT2D eigenvalue weighted by molar-refractivity contribution is 8.03. The van der Waals surface area contributed by atoms with Crippen LogP contribution in [0.3, 0.4) is 0 Å². The number of aromatic nitrogens is 2. The Kier molecular flexibility index (Phi) is 10.1. The van der Waals surface area contributed by atoms with Gasteiger partial charge in [-0.2, -0.15) is 0 Å². The summed E-state index contributed by atoms with van der Waals surface area (Å²) in [6.07, 6.45) is 0. The van der Waals surface area contributed by atoms with E-state index in [1.54, 1.807) is 30.2 Å². The predicted molar refractivity (Wildman–Crippen MR) is 134 cm³/mol. The number of rotatable bonds is 12. The van der Waals surface area contributed by atoms with E-state index in [4.69, 9.17) is 4.74 Å². The SMILES string of the molecule is COCCN(Cc1ccccc1)C(=O)CSc1nnc(SCc2ccc(C(C)C)cc2)s1. The normalized spacial score (nSPS) is 11.1. The maximum absolute atomic E-state index is 12.8. The average Bonchev–Trinajstić information content (AvgIpc) is 3.27. The molecule has 1 heterocycles. The molecule has 3 aromatic rings. The zero-order valence-corrected chi connectivity index (χ0v) is 21.1. The minimum Gasteiger partial charge on any atom is -0.383 e. The second-order valence-corrected chi connectivity index (χ2v) is 11.0. The van der Waals surface area contributed by atoms with E-state index in [1.165, 1.54) is 22.9 Å². The van der Waals surface area contributed by atoms with Crippen molar-refractivity contribution in [1.82, 2.24) is 15.1 Å². The minimum atomic E-state index is 0.0746. The summed E-state index contributed by atoms with van der Waals surface area (Å²) in [4.78, 5) is 14.7. The summed E-state index contributed by atoms with van der Waals surface area (Å²) >= 11 is 4.67. The Morgan fingerprint density at radius 2 is 1.69 bits per heavy atom. The van der Waals surface area contributed by atoms with Crippen LogP contribution >= 0.6 is 34.9 Å². The molecular formula is C24H29N3O2S3. The highest BCUT2D eigenvalue weighted by Gasteiger charge is 2.16. The average molecular weight is 488 g/mol. The van der Waals surface area contributed by atoms with Gasteiger partial charge in [-0.3, -0.25) is 4.79 Å². The lowest BCUT2D eigenvalue weighted by atomic mass is 10.0. The summed E-state index contributed by atoms with van der Waals surface area (Å²) in [6, 6.07) is 18.8. The second kappa shape index (κ2) is 13.0. The molecule has 170 valence electrons. The van der Waals surface area contributed by atoms with Crippen LogP contribution < -0.4 is 0 Å². The third kappa shape index (κ3) is 7.92. The first-order chi connectivity index (χ1) is 15.5. The lowest BCUT2D eigenvalue weighted by Crippen LogP contribution is -2.34. The van der Waals surface area contributed by atoms with E-state index < -0.39 is 0 Å². The predicted octanol–water partition coefficient (Wildman–Crippen LogP) is 5.72. The zero-order valence-electron chi connectivity index (χ0n) is 18.7. The van der Waals surface area contributed by atoms with Gasteiger partial charge < -0.3 is 9.64 Å². The van der Waals surface area contributed by atoms with Crippen LogP contribution in [-0.2, 0) is 21.8 Å². The molecule has 0 aliphatic heterocycles. The van der Waals surface area contributed by atoms with E-state index in [9.17, 15) is 4.79 Å². The Balaban J connectivity index is 1.49. The first kappa shape index (κ1) is 24.8. The molecule has 1 amide bonds. The van der Waals surface area contributed by atoms with Gasteiger partial charge >= 0.3 is 0 Å². The van der Waals surface area contributed by atoms with Crippen molar-refractivity contribution in [1.29, 1.82) is 0 Å². The molecule has 1 aromatic heterocycles. The van der Waals surface area contributed by atoms with Crippen LogP contribution in [0.4, 0.5) is 0 Å². The number of benzene rings is 2. The third-order valence-electron chi connectivity index (χ3n) is 4.85. The molecule has 2 aromatic carbocycles. The van der Waals surface area contributed by atoms with Gasteiger partial charge in [0.1, 0.15) is 0 Å². The summed E-state index contributed by atoms with van der Waals surface area (Å²) in [6.45, 7) is 6.07. The molecule has 0 unspecified atom stereocenters.